The Morgan fingerprint density at radius 2 is 1.74 bits per heavy atom. The van der Waals surface area contributed by atoms with Gasteiger partial charge in [-0.05, 0) is 81.1 Å². The summed E-state index contributed by atoms with van der Waals surface area (Å²) in [5.74, 6) is -0.549. The second-order valence-corrected chi connectivity index (χ2v) is 11.1. The van der Waals surface area contributed by atoms with E-state index in [2.05, 4.69) is 24.1 Å². The number of anilines is 3. The van der Waals surface area contributed by atoms with Crippen LogP contribution in [0, 0.1) is 6.92 Å². The second-order valence-electron chi connectivity index (χ2n) is 9.17. The average Bonchev–Trinajstić information content (AvgIpc) is 3.50. The SMILES string of the molecule is CCN(CC)c1ccc(NC(=O)C2Cc3cc(S(=O)(=O)N4CCCC4)ccc3N2C(C)=O)c(C)c1. The van der Waals surface area contributed by atoms with Crippen LogP contribution in [0.1, 0.15) is 44.7 Å². The number of nitrogens with zero attached hydrogens (tertiary/aromatic N) is 3. The van der Waals surface area contributed by atoms with Gasteiger partial charge in [0.1, 0.15) is 6.04 Å². The van der Waals surface area contributed by atoms with Gasteiger partial charge in [-0.15, -0.1) is 0 Å². The minimum absolute atomic E-state index is 0.213. The summed E-state index contributed by atoms with van der Waals surface area (Å²) in [6.07, 6.45) is 1.99. The van der Waals surface area contributed by atoms with Crippen LogP contribution in [0.3, 0.4) is 0 Å². The molecule has 0 saturated carbocycles. The molecule has 35 heavy (non-hydrogen) atoms. The number of carbonyl (C=O) groups excluding carboxylic acids is 2. The van der Waals surface area contributed by atoms with Gasteiger partial charge in [0.25, 0.3) is 0 Å². The summed E-state index contributed by atoms with van der Waals surface area (Å²) in [6, 6.07) is 9.99. The lowest BCUT2D eigenvalue weighted by molar-refractivity contribution is -0.122. The Morgan fingerprint density at radius 1 is 1.06 bits per heavy atom. The van der Waals surface area contributed by atoms with Crippen LogP contribution < -0.4 is 15.1 Å². The average molecular weight is 499 g/mol. The maximum absolute atomic E-state index is 13.3. The molecule has 0 radical (unpaired) electrons. The molecule has 0 aliphatic carbocycles. The number of hydrogen-bond donors (Lipinski definition) is 1. The number of benzene rings is 2. The quantitative estimate of drug-likeness (QED) is 0.631. The number of hydrogen-bond acceptors (Lipinski definition) is 5. The van der Waals surface area contributed by atoms with Crippen molar-refractivity contribution in [2.45, 2.75) is 57.9 Å². The molecule has 9 heteroatoms. The van der Waals surface area contributed by atoms with Gasteiger partial charge in [0.2, 0.25) is 21.8 Å². The van der Waals surface area contributed by atoms with E-state index in [1.165, 1.54) is 16.1 Å². The number of aryl methyl sites for hydroxylation is 1. The first-order valence-electron chi connectivity index (χ1n) is 12.3. The third kappa shape index (κ3) is 4.79. The Hall–Kier alpha value is -2.91. The fourth-order valence-corrected chi connectivity index (χ4v) is 6.62. The van der Waals surface area contributed by atoms with E-state index in [1.807, 2.05) is 25.1 Å². The number of nitrogens with one attached hydrogen (secondary N) is 1. The number of amides is 2. The first-order chi connectivity index (χ1) is 16.7. The molecule has 1 atom stereocenters. The molecule has 1 saturated heterocycles. The van der Waals surface area contributed by atoms with E-state index in [0.29, 0.717) is 30.0 Å². The number of sulfonamides is 1. The molecule has 188 valence electrons. The zero-order valence-electron chi connectivity index (χ0n) is 20.9. The van der Waals surface area contributed by atoms with Crippen molar-refractivity contribution in [3.05, 3.63) is 47.5 Å². The highest BCUT2D eigenvalue weighted by Gasteiger charge is 2.38. The van der Waals surface area contributed by atoms with Crippen molar-refractivity contribution < 1.29 is 18.0 Å². The minimum atomic E-state index is -3.58. The van der Waals surface area contributed by atoms with E-state index in [9.17, 15) is 18.0 Å². The van der Waals surface area contributed by atoms with E-state index in [1.54, 1.807) is 18.2 Å². The molecule has 2 aliphatic heterocycles. The Kier molecular flexibility index (Phi) is 7.19. The molecule has 2 amide bonds. The highest BCUT2D eigenvalue weighted by atomic mass is 32.2. The Labute approximate surface area is 207 Å². The maximum atomic E-state index is 13.3. The fourth-order valence-electron chi connectivity index (χ4n) is 5.05. The predicted octanol–water partition coefficient (Wildman–Crippen LogP) is 3.54. The summed E-state index contributed by atoms with van der Waals surface area (Å²) in [5.41, 5.74) is 4.01. The molecule has 0 aromatic heterocycles. The van der Waals surface area contributed by atoms with Crippen LogP contribution in [0.15, 0.2) is 41.3 Å². The normalized spacial score (nSPS) is 17.9. The van der Waals surface area contributed by atoms with Gasteiger partial charge in [-0.2, -0.15) is 4.31 Å². The third-order valence-electron chi connectivity index (χ3n) is 6.98. The van der Waals surface area contributed by atoms with Crippen molar-refractivity contribution in [2.24, 2.45) is 0 Å². The fraction of sp³-hybridized carbons (Fsp3) is 0.462. The minimum Gasteiger partial charge on any atom is -0.372 e. The van der Waals surface area contributed by atoms with E-state index in [4.69, 9.17) is 0 Å². The van der Waals surface area contributed by atoms with Gasteiger partial charge in [-0.1, -0.05) is 0 Å². The van der Waals surface area contributed by atoms with Crippen LogP contribution in [0.2, 0.25) is 0 Å². The van der Waals surface area contributed by atoms with Gasteiger partial charge < -0.3 is 10.2 Å². The van der Waals surface area contributed by atoms with E-state index in [0.717, 1.165) is 37.2 Å². The zero-order valence-corrected chi connectivity index (χ0v) is 21.7. The summed E-state index contributed by atoms with van der Waals surface area (Å²) in [6.45, 7) is 10.4. The molecule has 2 aromatic carbocycles. The van der Waals surface area contributed by atoms with Crippen molar-refractivity contribution >= 4 is 38.9 Å². The molecule has 1 fully saturated rings. The number of fused-ring (bicyclic) bond motifs is 1. The number of carbonyl (C=O) groups is 2. The zero-order chi connectivity index (χ0) is 25.3. The molecule has 2 aliphatic rings. The Bertz CT molecular complexity index is 1230. The summed E-state index contributed by atoms with van der Waals surface area (Å²) in [7, 11) is -3.58. The van der Waals surface area contributed by atoms with Crippen LogP contribution in [-0.4, -0.2) is 56.8 Å². The molecular formula is C26H34N4O4S. The van der Waals surface area contributed by atoms with E-state index in [-0.39, 0.29) is 23.1 Å². The van der Waals surface area contributed by atoms with Crippen molar-refractivity contribution in [2.75, 3.05) is 41.3 Å². The molecule has 4 rings (SSSR count). The van der Waals surface area contributed by atoms with Crippen molar-refractivity contribution in [3.8, 4) is 0 Å². The standard InChI is InChI=1S/C26H34N4O4S/c1-5-28(6-2)21-9-11-23(18(3)15-21)27-26(32)25-17-20-16-22(10-12-24(20)30(25)19(4)31)35(33,34)29-13-7-8-14-29/h9-12,15-16,25H,5-8,13-14,17H2,1-4H3,(H,27,32). The summed E-state index contributed by atoms with van der Waals surface area (Å²) in [5, 5.41) is 2.99. The Balaban J connectivity index is 1.57. The van der Waals surface area contributed by atoms with Crippen molar-refractivity contribution in [3.63, 3.8) is 0 Å². The largest absolute Gasteiger partial charge is 0.372 e. The van der Waals surface area contributed by atoms with Gasteiger partial charge in [0, 0.05) is 56.6 Å². The van der Waals surface area contributed by atoms with Gasteiger partial charge in [-0.25, -0.2) is 8.42 Å². The molecule has 0 bridgehead atoms. The van der Waals surface area contributed by atoms with Gasteiger partial charge in [0.15, 0.2) is 0 Å². The first-order valence-corrected chi connectivity index (χ1v) is 13.7. The van der Waals surface area contributed by atoms with E-state index < -0.39 is 16.1 Å². The van der Waals surface area contributed by atoms with Crippen LogP contribution >= 0.6 is 0 Å². The monoisotopic (exact) mass is 498 g/mol. The second kappa shape index (κ2) is 9.99. The number of rotatable bonds is 7. The maximum Gasteiger partial charge on any atom is 0.247 e. The van der Waals surface area contributed by atoms with Crippen LogP contribution in [0.4, 0.5) is 17.1 Å². The van der Waals surface area contributed by atoms with Crippen LogP contribution in [0.25, 0.3) is 0 Å². The summed E-state index contributed by atoms with van der Waals surface area (Å²) in [4.78, 5) is 29.8. The topological polar surface area (TPSA) is 90.0 Å². The molecule has 2 aromatic rings. The van der Waals surface area contributed by atoms with Crippen LogP contribution in [0.5, 0.6) is 0 Å². The molecular weight excluding hydrogens is 464 g/mol. The first kappa shape index (κ1) is 25.2. The lowest BCUT2D eigenvalue weighted by atomic mass is 10.1. The lowest BCUT2D eigenvalue weighted by Crippen LogP contribution is -2.44. The molecule has 1 unspecified atom stereocenters. The van der Waals surface area contributed by atoms with Gasteiger partial charge in [0.05, 0.1) is 4.90 Å². The Morgan fingerprint density at radius 3 is 2.34 bits per heavy atom. The highest BCUT2D eigenvalue weighted by molar-refractivity contribution is 7.89. The van der Waals surface area contributed by atoms with E-state index >= 15 is 0 Å². The highest BCUT2D eigenvalue weighted by Crippen LogP contribution is 2.36. The van der Waals surface area contributed by atoms with Crippen molar-refractivity contribution in [1.82, 2.24) is 4.31 Å². The van der Waals surface area contributed by atoms with Gasteiger partial charge >= 0.3 is 0 Å². The van der Waals surface area contributed by atoms with Crippen LogP contribution in [-0.2, 0) is 26.0 Å². The summed E-state index contributed by atoms with van der Waals surface area (Å²) < 4.78 is 27.6. The molecule has 0 spiro atoms. The smallest absolute Gasteiger partial charge is 0.247 e. The molecule has 1 N–H and O–H groups in total. The molecule has 2 heterocycles. The lowest BCUT2D eigenvalue weighted by Gasteiger charge is -2.25. The predicted molar refractivity (Wildman–Crippen MR) is 138 cm³/mol. The molecule has 8 nitrogen and oxygen atoms in total. The summed E-state index contributed by atoms with van der Waals surface area (Å²) >= 11 is 0. The third-order valence-corrected chi connectivity index (χ3v) is 8.87. The van der Waals surface area contributed by atoms with Crippen molar-refractivity contribution in [1.29, 1.82) is 0 Å². The van der Waals surface area contributed by atoms with Gasteiger partial charge in [-0.3, -0.25) is 14.5 Å².